The molecule has 0 aromatic heterocycles. The Morgan fingerprint density at radius 3 is 2.33 bits per heavy atom. The summed E-state index contributed by atoms with van der Waals surface area (Å²) >= 11 is 6.71. The second-order valence-corrected chi connectivity index (χ2v) is 5.20. The summed E-state index contributed by atoms with van der Waals surface area (Å²) in [5.74, 6) is 0. The van der Waals surface area contributed by atoms with Crippen LogP contribution in [-0.2, 0) is 0 Å². The Hall–Kier alpha value is -1.40. The minimum Gasteiger partial charge on any atom is -0.348 e. The lowest BCUT2D eigenvalue weighted by Gasteiger charge is -2.10. The smallest absolute Gasteiger partial charge is 0.293 e. The van der Waals surface area contributed by atoms with Crippen molar-refractivity contribution >= 4 is 48.9 Å². The summed E-state index contributed by atoms with van der Waals surface area (Å²) in [5.41, 5.74) is 1.24. The highest BCUT2D eigenvalue weighted by Gasteiger charge is 2.16. The van der Waals surface area contributed by atoms with Gasteiger partial charge in [0.2, 0.25) is 0 Å². The quantitative estimate of drug-likeness (QED) is 0.618. The fraction of sp³-hybridized carbons (Fsp3) is 0. The highest BCUT2D eigenvalue weighted by Crippen LogP contribution is 2.36. The Labute approximate surface area is 120 Å². The van der Waals surface area contributed by atoms with Gasteiger partial charge < -0.3 is 5.32 Å². The van der Waals surface area contributed by atoms with Crippen molar-refractivity contribution < 1.29 is 4.92 Å². The number of anilines is 2. The van der Waals surface area contributed by atoms with Crippen molar-refractivity contribution in [3.8, 4) is 0 Å². The first-order valence-electron chi connectivity index (χ1n) is 5.04. The SMILES string of the molecule is O=[N+]([O-])c1cccc(Br)c1Nc1ccccc1Br. The molecule has 1 N–H and O–H groups in total. The van der Waals surface area contributed by atoms with Crippen LogP contribution >= 0.6 is 31.9 Å². The van der Waals surface area contributed by atoms with Crippen LogP contribution in [0.4, 0.5) is 17.1 Å². The van der Waals surface area contributed by atoms with Gasteiger partial charge in [0, 0.05) is 15.0 Å². The third-order valence-electron chi connectivity index (χ3n) is 2.32. The normalized spacial score (nSPS) is 10.1. The fourth-order valence-corrected chi connectivity index (χ4v) is 2.32. The number of rotatable bonds is 3. The lowest BCUT2D eigenvalue weighted by Crippen LogP contribution is -1.98. The van der Waals surface area contributed by atoms with E-state index in [0.717, 1.165) is 10.2 Å². The zero-order valence-electron chi connectivity index (χ0n) is 9.06. The number of hydrogen-bond donors (Lipinski definition) is 1. The molecular formula is C12H8Br2N2O2. The van der Waals surface area contributed by atoms with Crippen LogP contribution in [0.1, 0.15) is 0 Å². The highest BCUT2D eigenvalue weighted by molar-refractivity contribution is 9.11. The summed E-state index contributed by atoms with van der Waals surface area (Å²) in [6.07, 6.45) is 0. The van der Waals surface area contributed by atoms with Crippen molar-refractivity contribution in [3.63, 3.8) is 0 Å². The lowest BCUT2D eigenvalue weighted by atomic mass is 10.2. The third-order valence-corrected chi connectivity index (χ3v) is 3.67. The molecule has 18 heavy (non-hydrogen) atoms. The van der Waals surface area contributed by atoms with Crippen LogP contribution in [-0.4, -0.2) is 4.92 Å². The Morgan fingerprint density at radius 1 is 1.00 bits per heavy atom. The van der Waals surface area contributed by atoms with Gasteiger partial charge in [-0.3, -0.25) is 10.1 Å². The molecular weight excluding hydrogens is 364 g/mol. The van der Waals surface area contributed by atoms with E-state index in [1.54, 1.807) is 12.1 Å². The van der Waals surface area contributed by atoms with Crippen LogP contribution in [0.15, 0.2) is 51.4 Å². The van der Waals surface area contributed by atoms with Crippen LogP contribution in [0.3, 0.4) is 0 Å². The van der Waals surface area contributed by atoms with Gasteiger partial charge in [-0.25, -0.2) is 0 Å². The summed E-state index contributed by atoms with van der Waals surface area (Å²) in [7, 11) is 0. The predicted octanol–water partition coefficient (Wildman–Crippen LogP) is 4.86. The minimum atomic E-state index is -0.413. The molecule has 0 amide bonds. The first kappa shape index (κ1) is 13.0. The number of nitro benzene ring substituents is 1. The van der Waals surface area contributed by atoms with E-state index >= 15 is 0 Å². The monoisotopic (exact) mass is 370 g/mol. The third kappa shape index (κ3) is 2.70. The summed E-state index contributed by atoms with van der Waals surface area (Å²) in [5, 5.41) is 14.0. The van der Waals surface area contributed by atoms with Crippen molar-refractivity contribution in [1.82, 2.24) is 0 Å². The molecule has 0 saturated heterocycles. The zero-order valence-corrected chi connectivity index (χ0v) is 12.2. The first-order valence-corrected chi connectivity index (χ1v) is 6.62. The number of nitrogens with one attached hydrogen (secondary N) is 1. The Bertz CT molecular complexity index is 602. The van der Waals surface area contributed by atoms with E-state index in [4.69, 9.17) is 0 Å². The molecule has 0 heterocycles. The topological polar surface area (TPSA) is 55.2 Å². The zero-order chi connectivity index (χ0) is 13.1. The van der Waals surface area contributed by atoms with E-state index in [2.05, 4.69) is 37.2 Å². The van der Waals surface area contributed by atoms with E-state index in [0.29, 0.717) is 10.2 Å². The summed E-state index contributed by atoms with van der Waals surface area (Å²) in [6.45, 7) is 0. The van der Waals surface area contributed by atoms with Gasteiger partial charge in [0.1, 0.15) is 5.69 Å². The molecule has 0 aliphatic carbocycles. The maximum Gasteiger partial charge on any atom is 0.293 e. The van der Waals surface area contributed by atoms with Crippen LogP contribution < -0.4 is 5.32 Å². The molecule has 0 aliphatic rings. The van der Waals surface area contributed by atoms with Gasteiger partial charge in [0.05, 0.1) is 10.6 Å². The minimum absolute atomic E-state index is 0.0279. The average molecular weight is 372 g/mol. The van der Waals surface area contributed by atoms with Crippen molar-refractivity contribution in [2.24, 2.45) is 0 Å². The Balaban J connectivity index is 2.46. The highest BCUT2D eigenvalue weighted by atomic mass is 79.9. The first-order chi connectivity index (χ1) is 8.59. The molecule has 92 valence electrons. The number of nitro groups is 1. The maximum atomic E-state index is 11.0. The van der Waals surface area contributed by atoms with E-state index in [1.165, 1.54) is 6.07 Å². The van der Waals surface area contributed by atoms with Crippen LogP contribution in [0, 0.1) is 10.1 Å². The number of para-hydroxylation sites is 2. The predicted molar refractivity (Wildman–Crippen MR) is 78.2 cm³/mol. The van der Waals surface area contributed by atoms with Crippen molar-refractivity contribution in [1.29, 1.82) is 0 Å². The van der Waals surface area contributed by atoms with Gasteiger partial charge in [-0.1, -0.05) is 18.2 Å². The second kappa shape index (κ2) is 5.49. The van der Waals surface area contributed by atoms with E-state index in [-0.39, 0.29) is 5.69 Å². The summed E-state index contributed by atoms with van der Waals surface area (Å²) in [4.78, 5) is 10.6. The number of hydrogen-bond acceptors (Lipinski definition) is 3. The van der Waals surface area contributed by atoms with Crippen molar-refractivity contribution in [3.05, 3.63) is 61.5 Å². The van der Waals surface area contributed by atoms with Gasteiger partial charge in [-0.05, 0) is 50.1 Å². The van der Waals surface area contributed by atoms with E-state index in [9.17, 15) is 10.1 Å². The Kier molecular flexibility index (Phi) is 3.98. The molecule has 4 nitrogen and oxygen atoms in total. The molecule has 0 unspecified atom stereocenters. The molecule has 0 atom stereocenters. The van der Waals surface area contributed by atoms with Gasteiger partial charge >= 0.3 is 0 Å². The van der Waals surface area contributed by atoms with Gasteiger partial charge in [-0.2, -0.15) is 0 Å². The number of benzene rings is 2. The number of nitrogens with zero attached hydrogens (tertiary/aromatic N) is 1. The largest absolute Gasteiger partial charge is 0.348 e. The van der Waals surface area contributed by atoms with Crippen molar-refractivity contribution in [2.45, 2.75) is 0 Å². The van der Waals surface area contributed by atoms with E-state index in [1.807, 2.05) is 24.3 Å². The van der Waals surface area contributed by atoms with Crippen LogP contribution in [0.2, 0.25) is 0 Å². The van der Waals surface area contributed by atoms with Crippen LogP contribution in [0.25, 0.3) is 0 Å². The molecule has 2 aromatic carbocycles. The molecule has 2 aromatic rings. The number of halogens is 2. The molecule has 0 bridgehead atoms. The summed E-state index contributed by atoms with van der Waals surface area (Å²) in [6, 6.07) is 12.3. The average Bonchev–Trinajstić information content (AvgIpc) is 2.34. The standard InChI is InChI=1S/C12H8Br2N2O2/c13-8-4-1-2-6-10(8)15-12-9(14)5-3-7-11(12)16(17)18/h1-7,15H. The van der Waals surface area contributed by atoms with Gasteiger partial charge in [0.25, 0.3) is 5.69 Å². The van der Waals surface area contributed by atoms with E-state index < -0.39 is 4.92 Å². The fourth-order valence-electron chi connectivity index (χ4n) is 1.49. The molecule has 2 rings (SSSR count). The molecule has 0 fully saturated rings. The molecule has 0 aliphatic heterocycles. The van der Waals surface area contributed by atoms with Gasteiger partial charge in [0.15, 0.2) is 0 Å². The lowest BCUT2D eigenvalue weighted by molar-refractivity contribution is -0.384. The van der Waals surface area contributed by atoms with Crippen molar-refractivity contribution in [2.75, 3.05) is 5.32 Å². The molecule has 0 spiro atoms. The molecule has 0 saturated carbocycles. The molecule has 0 radical (unpaired) electrons. The molecule has 6 heteroatoms. The van der Waals surface area contributed by atoms with Crippen LogP contribution in [0.5, 0.6) is 0 Å². The second-order valence-electron chi connectivity index (χ2n) is 3.50. The van der Waals surface area contributed by atoms with Gasteiger partial charge in [-0.15, -0.1) is 0 Å². The summed E-state index contributed by atoms with van der Waals surface area (Å²) < 4.78 is 1.49. The Morgan fingerprint density at radius 2 is 1.67 bits per heavy atom. The maximum absolute atomic E-state index is 11.0.